The Labute approximate surface area is 198 Å². The molecule has 4 heteroatoms. The number of halogens is 1. The van der Waals surface area contributed by atoms with Crippen LogP contribution < -0.4 is 10.1 Å². The normalized spacial score (nSPS) is 21.2. The van der Waals surface area contributed by atoms with Crippen molar-refractivity contribution < 1.29 is 4.74 Å². The molecule has 0 bridgehead atoms. The van der Waals surface area contributed by atoms with E-state index in [-0.39, 0.29) is 0 Å². The van der Waals surface area contributed by atoms with E-state index in [9.17, 15) is 0 Å². The summed E-state index contributed by atoms with van der Waals surface area (Å²) in [5, 5.41) is 3.79. The number of hydrogen-bond donors (Lipinski definition) is 1. The number of nitrogens with one attached hydrogen (secondary N) is 1. The van der Waals surface area contributed by atoms with Gasteiger partial charge in [0.1, 0.15) is 5.75 Å². The van der Waals surface area contributed by atoms with Crippen molar-refractivity contribution in [1.82, 2.24) is 0 Å². The lowest BCUT2D eigenvalue weighted by atomic mass is 9.77. The van der Waals surface area contributed by atoms with E-state index in [2.05, 4.69) is 93.8 Å². The molecule has 0 amide bonds. The summed E-state index contributed by atoms with van der Waals surface area (Å²) >= 11 is 3.59. The van der Waals surface area contributed by atoms with Gasteiger partial charge in [0, 0.05) is 17.8 Å². The quantitative estimate of drug-likeness (QED) is 0.284. The van der Waals surface area contributed by atoms with E-state index < -0.39 is 0 Å². The van der Waals surface area contributed by atoms with E-state index in [0.717, 1.165) is 40.9 Å². The highest BCUT2D eigenvalue weighted by atomic mass is 79.9. The predicted octanol–water partition coefficient (Wildman–Crippen LogP) is 7.82. The highest BCUT2D eigenvalue weighted by Gasteiger charge is 2.37. The molecule has 2 aliphatic rings. The number of nitrogens with zero attached hydrogens (tertiary/aromatic N) is 1. The zero-order chi connectivity index (χ0) is 21.9. The van der Waals surface area contributed by atoms with Crippen LogP contribution in [0.5, 0.6) is 5.75 Å². The summed E-state index contributed by atoms with van der Waals surface area (Å²) < 4.78 is 6.68. The van der Waals surface area contributed by atoms with Crippen LogP contribution >= 0.6 is 15.9 Å². The van der Waals surface area contributed by atoms with Crippen LogP contribution in [0.3, 0.4) is 0 Å². The lowest BCUT2D eigenvalue weighted by Crippen LogP contribution is -2.28. The third kappa shape index (κ3) is 4.24. The van der Waals surface area contributed by atoms with Crippen molar-refractivity contribution in [2.75, 3.05) is 11.9 Å². The van der Waals surface area contributed by atoms with Crippen molar-refractivity contribution in [3.8, 4) is 5.75 Å². The molecule has 0 unspecified atom stereocenters. The molecule has 32 heavy (non-hydrogen) atoms. The smallest absolute Gasteiger partial charge is 0.133 e. The van der Waals surface area contributed by atoms with Gasteiger partial charge in [-0.15, -0.1) is 0 Å². The second kappa shape index (κ2) is 9.33. The highest BCUT2D eigenvalue weighted by Crippen LogP contribution is 2.49. The Hall–Kier alpha value is -2.85. The van der Waals surface area contributed by atoms with Gasteiger partial charge in [-0.25, -0.2) is 0 Å². The first-order chi connectivity index (χ1) is 15.7. The molecule has 3 aromatic rings. The highest BCUT2D eigenvalue weighted by molar-refractivity contribution is 9.10. The van der Waals surface area contributed by atoms with Crippen LogP contribution in [0, 0.1) is 5.92 Å². The van der Waals surface area contributed by atoms with Gasteiger partial charge in [0.05, 0.1) is 22.8 Å². The molecular weight excluding hydrogens is 460 g/mol. The van der Waals surface area contributed by atoms with Crippen LogP contribution in [-0.2, 0) is 0 Å². The Morgan fingerprint density at radius 1 is 1.09 bits per heavy atom. The number of benzene rings is 3. The Morgan fingerprint density at radius 3 is 2.75 bits per heavy atom. The topological polar surface area (TPSA) is 33.6 Å². The van der Waals surface area contributed by atoms with Gasteiger partial charge >= 0.3 is 0 Å². The van der Waals surface area contributed by atoms with Crippen molar-refractivity contribution in [3.05, 3.63) is 100 Å². The van der Waals surface area contributed by atoms with E-state index in [4.69, 9.17) is 4.74 Å². The zero-order valence-electron chi connectivity index (χ0n) is 18.2. The summed E-state index contributed by atoms with van der Waals surface area (Å²) in [4.78, 5) is 4.68. The van der Waals surface area contributed by atoms with Gasteiger partial charge in [-0.05, 0) is 87.8 Å². The second-order valence-corrected chi connectivity index (χ2v) is 9.31. The number of rotatable bonds is 6. The molecule has 3 aromatic carbocycles. The minimum atomic E-state index is 0.314. The molecule has 1 heterocycles. The molecule has 0 saturated carbocycles. The van der Waals surface area contributed by atoms with Crippen molar-refractivity contribution in [2.24, 2.45) is 10.9 Å². The van der Waals surface area contributed by atoms with Crippen LogP contribution in [0.4, 0.5) is 11.4 Å². The first-order valence-corrected chi connectivity index (χ1v) is 12.1. The Morgan fingerprint density at radius 2 is 1.94 bits per heavy atom. The van der Waals surface area contributed by atoms with Crippen LogP contribution in [-0.4, -0.2) is 12.8 Å². The summed E-state index contributed by atoms with van der Waals surface area (Å²) in [6.07, 6.45) is 8.72. The molecule has 1 N–H and O–H groups in total. The van der Waals surface area contributed by atoms with Gasteiger partial charge in [-0.2, -0.15) is 0 Å². The third-order valence-electron chi connectivity index (χ3n) is 6.30. The van der Waals surface area contributed by atoms with Gasteiger partial charge in [-0.1, -0.05) is 49.4 Å². The molecule has 0 spiro atoms. The lowest BCUT2D eigenvalue weighted by Gasteiger charge is -2.37. The van der Waals surface area contributed by atoms with Crippen LogP contribution in [0.1, 0.15) is 48.4 Å². The van der Waals surface area contributed by atoms with Gasteiger partial charge in [-0.3, -0.25) is 4.99 Å². The summed E-state index contributed by atoms with van der Waals surface area (Å²) in [5.74, 6) is 1.93. The van der Waals surface area contributed by atoms with Gasteiger partial charge in [0.15, 0.2) is 0 Å². The van der Waals surface area contributed by atoms with Crippen LogP contribution in [0.15, 0.2) is 88.3 Å². The molecule has 162 valence electrons. The second-order valence-electron chi connectivity index (χ2n) is 8.45. The number of para-hydroxylation sites is 1. The van der Waals surface area contributed by atoms with Gasteiger partial charge in [0.2, 0.25) is 0 Å². The number of allylic oxidation sites excluding steroid dienone is 2. The van der Waals surface area contributed by atoms with E-state index in [1.807, 2.05) is 24.4 Å². The fourth-order valence-corrected chi connectivity index (χ4v) is 5.23. The largest absolute Gasteiger partial charge is 0.492 e. The van der Waals surface area contributed by atoms with Crippen molar-refractivity contribution in [2.45, 2.75) is 31.7 Å². The molecule has 0 radical (unpaired) electrons. The lowest BCUT2D eigenvalue weighted by molar-refractivity contribution is 0.315. The first kappa shape index (κ1) is 21.0. The van der Waals surface area contributed by atoms with Crippen LogP contribution in [0.2, 0.25) is 0 Å². The summed E-state index contributed by atoms with van der Waals surface area (Å²) in [5.41, 5.74) is 5.98. The van der Waals surface area contributed by atoms with Crippen molar-refractivity contribution in [1.29, 1.82) is 0 Å². The van der Waals surface area contributed by atoms with E-state index in [1.54, 1.807) is 0 Å². The average molecular weight is 487 g/mol. The molecule has 0 fully saturated rings. The van der Waals surface area contributed by atoms with Crippen LogP contribution in [0.25, 0.3) is 0 Å². The SMILES string of the molecule is CCCOc1ccc(C=Nc2ccc([C@@H]3Nc4ccccc4[C@H]4C=CC[C@H]43)cc2)cc1Br. The number of ether oxygens (including phenoxy) is 1. The summed E-state index contributed by atoms with van der Waals surface area (Å²) in [7, 11) is 0. The van der Waals surface area contributed by atoms with Gasteiger partial charge in [0.25, 0.3) is 0 Å². The maximum absolute atomic E-state index is 5.72. The summed E-state index contributed by atoms with van der Waals surface area (Å²) in [6, 6.07) is 23.7. The molecule has 1 aliphatic carbocycles. The van der Waals surface area contributed by atoms with E-state index in [1.165, 1.54) is 16.8 Å². The number of aliphatic imine (C=N–C) groups is 1. The Bertz CT molecular complexity index is 1150. The van der Waals surface area contributed by atoms with Crippen molar-refractivity contribution in [3.63, 3.8) is 0 Å². The zero-order valence-corrected chi connectivity index (χ0v) is 19.8. The molecule has 5 rings (SSSR count). The number of anilines is 1. The Balaban J connectivity index is 1.31. The molecule has 0 saturated heterocycles. The molecule has 1 aliphatic heterocycles. The fraction of sp³-hybridized carbons (Fsp3) is 0.250. The number of hydrogen-bond acceptors (Lipinski definition) is 3. The van der Waals surface area contributed by atoms with E-state index in [0.29, 0.717) is 17.9 Å². The van der Waals surface area contributed by atoms with Crippen molar-refractivity contribution >= 4 is 33.5 Å². The standard InChI is InChI=1S/C28H27BrN2O/c1-2-16-32-27-15-10-19(17-25(27)29)18-30-21-13-11-20(12-14-21)28-24-8-5-7-22(24)23-6-3-4-9-26(23)31-28/h3-7,9-15,17-18,22,24,28,31H,2,8,16H2,1H3/t22-,24-,28+/m1/s1. The van der Waals surface area contributed by atoms with Gasteiger partial charge < -0.3 is 10.1 Å². The number of fused-ring (bicyclic) bond motifs is 3. The van der Waals surface area contributed by atoms with E-state index >= 15 is 0 Å². The maximum atomic E-state index is 5.72. The third-order valence-corrected chi connectivity index (χ3v) is 6.92. The average Bonchev–Trinajstić information content (AvgIpc) is 3.32. The minimum absolute atomic E-state index is 0.314. The molecule has 3 atom stereocenters. The minimum Gasteiger partial charge on any atom is -0.492 e. The Kier molecular flexibility index (Phi) is 6.13. The first-order valence-electron chi connectivity index (χ1n) is 11.3. The predicted molar refractivity (Wildman–Crippen MR) is 136 cm³/mol. The maximum Gasteiger partial charge on any atom is 0.133 e. The molecule has 3 nitrogen and oxygen atoms in total. The fourth-order valence-electron chi connectivity index (χ4n) is 4.72. The monoisotopic (exact) mass is 486 g/mol. The molecule has 0 aromatic heterocycles. The molecular formula is C28H27BrN2O. The summed E-state index contributed by atoms with van der Waals surface area (Å²) in [6.45, 7) is 2.82.